The lowest BCUT2D eigenvalue weighted by atomic mass is 9.98. The second-order valence-electron chi connectivity index (χ2n) is 13.5. The van der Waals surface area contributed by atoms with Gasteiger partial charge in [-0.25, -0.2) is 5.48 Å². The van der Waals surface area contributed by atoms with Gasteiger partial charge >= 0.3 is 0 Å². The van der Waals surface area contributed by atoms with Crippen LogP contribution in [0.4, 0.5) is 0 Å². The van der Waals surface area contributed by atoms with Crippen molar-refractivity contribution in [1.29, 1.82) is 0 Å². The number of ether oxygens (including phenoxy) is 2. The summed E-state index contributed by atoms with van der Waals surface area (Å²) in [5.74, 6) is -0.655. The number of benzene rings is 5. The number of amides is 2. The molecule has 4 N–H and O–H groups in total. The molecule has 53 heavy (non-hydrogen) atoms. The highest BCUT2D eigenvalue weighted by molar-refractivity contribution is 5.78. The zero-order valence-corrected chi connectivity index (χ0v) is 29.8. The Labute approximate surface area is 311 Å². The van der Waals surface area contributed by atoms with E-state index in [1.54, 1.807) is 5.48 Å². The summed E-state index contributed by atoms with van der Waals surface area (Å²) in [5.41, 5.74) is 9.91. The van der Waals surface area contributed by atoms with Crippen LogP contribution < -0.4 is 10.8 Å². The molecule has 0 radical (unpaired) electrons. The Balaban J connectivity index is 1.17. The molecule has 9 nitrogen and oxygen atoms in total. The van der Waals surface area contributed by atoms with Gasteiger partial charge in [-0.2, -0.15) is 0 Å². The molecule has 0 bridgehead atoms. The van der Waals surface area contributed by atoms with Crippen LogP contribution in [0, 0.1) is 0 Å². The van der Waals surface area contributed by atoms with E-state index in [1.807, 2.05) is 54.6 Å². The van der Waals surface area contributed by atoms with Gasteiger partial charge in [0.1, 0.15) is 0 Å². The fourth-order valence-electron chi connectivity index (χ4n) is 6.64. The summed E-state index contributed by atoms with van der Waals surface area (Å²) in [6.07, 6.45) is 0.456. The maximum Gasteiger partial charge on any atom is 0.243 e. The molecule has 0 aromatic heterocycles. The number of rotatable bonds is 16. The summed E-state index contributed by atoms with van der Waals surface area (Å²) >= 11 is 0. The number of hydrogen-bond acceptors (Lipinski definition) is 7. The molecule has 274 valence electrons. The van der Waals surface area contributed by atoms with Crippen molar-refractivity contribution in [3.63, 3.8) is 0 Å². The Kier molecular flexibility index (Phi) is 13.5. The zero-order chi connectivity index (χ0) is 36.8. The van der Waals surface area contributed by atoms with Gasteiger partial charge in [0.25, 0.3) is 0 Å². The minimum atomic E-state index is -0.578. The summed E-state index contributed by atoms with van der Waals surface area (Å²) in [5, 5.41) is 21.2. The first-order valence-electron chi connectivity index (χ1n) is 18.2. The SMILES string of the molecule is O=C(CCCC(=O)NCc1cccc(-c2ccc([C@@H]3O[C@H](CN(Cc4ccccc4)Cc4ccccc4)C[C@H](c4ccc(CO)cc4)O3)cc2)c1)NO. The number of hydrogen-bond donors (Lipinski definition) is 4. The van der Waals surface area contributed by atoms with Gasteiger partial charge in [-0.1, -0.05) is 127 Å². The maximum absolute atomic E-state index is 12.3. The predicted octanol–water partition coefficient (Wildman–Crippen LogP) is 7.39. The van der Waals surface area contributed by atoms with Gasteiger partial charge in [-0.05, 0) is 51.4 Å². The average Bonchev–Trinajstić information content (AvgIpc) is 3.21. The maximum atomic E-state index is 12.3. The van der Waals surface area contributed by atoms with Crippen LogP contribution in [-0.4, -0.2) is 39.7 Å². The molecular weight excluding hydrogens is 666 g/mol. The van der Waals surface area contributed by atoms with Crippen molar-refractivity contribution in [1.82, 2.24) is 15.7 Å². The average molecular weight is 714 g/mol. The number of carbonyl (C=O) groups is 2. The lowest BCUT2D eigenvalue weighted by molar-refractivity contribution is -0.253. The van der Waals surface area contributed by atoms with Crippen LogP contribution in [0.2, 0.25) is 0 Å². The van der Waals surface area contributed by atoms with Crippen molar-refractivity contribution in [3.05, 3.63) is 167 Å². The monoisotopic (exact) mass is 713 g/mol. The normalized spacial score (nSPS) is 17.0. The van der Waals surface area contributed by atoms with Crippen molar-refractivity contribution in [3.8, 4) is 11.1 Å². The highest BCUT2D eigenvalue weighted by atomic mass is 16.7. The first-order chi connectivity index (χ1) is 25.9. The Morgan fingerprint density at radius 1 is 0.660 bits per heavy atom. The molecule has 5 aromatic carbocycles. The number of nitrogens with zero attached hydrogens (tertiary/aromatic N) is 1. The van der Waals surface area contributed by atoms with Gasteiger partial charge in [-0.3, -0.25) is 19.7 Å². The van der Waals surface area contributed by atoms with Crippen LogP contribution >= 0.6 is 0 Å². The zero-order valence-electron chi connectivity index (χ0n) is 29.8. The number of aliphatic hydroxyl groups excluding tert-OH is 1. The van der Waals surface area contributed by atoms with E-state index in [0.29, 0.717) is 25.9 Å². The predicted molar refractivity (Wildman–Crippen MR) is 203 cm³/mol. The number of nitrogens with one attached hydrogen (secondary N) is 2. The molecule has 5 aromatic rings. The second-order valence-corrected chi connectivity index (χ2v) is 13.5. The molecule has 3 atom stereocenters. The number of carbonyl (C=O) groups excluding carboxylic acids is 2. The Morgan fingerprint density at radius 3 is 1.92 bits per heavy atom. The third-order valence-corrected chi connectivity index (χ3v) is 9.44. The quantitative estimate of drug-likeness (QED) is 0.0622. The third kappa shape index (κ3) is 11.2. The fourth-order valence-corrected chi connectivity index (χ4v) is 6.64. The first kappa shape index (κ1) is 37.6. The molecule has 1 heterocycles. The topological polar surface area (TPSA) is 120 Å². The van der Waals surface area contributed by atoms with E-state index in [0.717, 1.165) is 46.5 Å². The van der Waals surface area contributed by atoms with Gasteiger partial charge in [0.05, 0.1) is 18.8 Å². The van der Waals surface area contributed by atoms with Crippen molar-refractivity contribution >= 4 is 11.8 Å². The molecule has 6 rings (SSSR count). The van der Waals surface area contributed by atoms with Crippen LogP contribution in [0.1, 0.15) is 71.5 Å². The van der Waals surface area contributed by atoms with Crippen molar-refractivity contribution in [2.75, 3.05) is 6.54 Å². The van der Waals surface area contributed by atoms with Crippen LogP contribution in [-0.2, 0) is 45.3 Å². The van der Waals surface area contributed by atoms with Crippen LogP contribution in [0.25, 0.3) is 11.1 Å². The summed E-state index contributed by atoms with van der Waals surface area (Å²) < 4.78 is 13.4. The van der Waals surface area contributed by atoms with Crippen molar-refractivity contribution in [2.24, 2.45) is 0 Å². The van der Waals surface area contributed by atoms with Crippen molar-refractivity contribution < 1.29 is 29.4 Å². The third-order valence-electron chi connectivity index (χ3n) is 9.44. The molecule has 1 aliphatic rings. The van der Waals surface area contributed by atoms with E-state index >= 15 is 0 Å². The highest BCUT2D eigenvalue weighted by Gasteiger charge is 2.33. The minimum absolute atomic E-state index is 0.00855. The molecule has 0 saturated carbocycles. The Hall–Kier alpha value is -5.16. The van der Waals surface area contributed by atoms with E-state index in [9.17, 15) is 14.7 Å². The lowest BCUT2D eigenvalue weighted by Gasteiger charge is -2.38. The van der Waals surface area contributed by atoms with Crippen LogP contribution in [0.3, 0.4) is 0 Å². The summed E-state index contributed by atoms with van der Waals surface area (Å²) in [6, 6.07) is 45.3. The first-order valence-corrected chi connectivity index (χ1v) is 18.2. The van der Waals surface area contributed by atoms with Gasteiger partial charge in [0.15, 0.2) is 6.29 Å². The lowest BCUT2D eigenvalue weighted by Crippen LogP contribution is -2.39. The molecule has 0 spiro atoms. The van der Waals surface area contributed by atoms with Crippen LogP contribution in [0.15, 0.2) is 133 Å². The molecule has 0 unspecified atom stereocenters. The smallest absolute Gasteiger partial charge is 0.243 e. The largest absolute Gasteiger partial charge is 0.392 e. The number of aliphatic hydroxyl groups is 1. The fraction of sp³-hybridized carbons (Fsp3) is 0.273. The van der Waals surface area contributed by atoms with Gasteiger partial charge in [-0.15, -0.1) is 0 Å². The van der Waals surface area contributed by atoms with Gasteiger partial charge in [0, 0.05) is 51.0 Å². The summed E-state index contributed by atoms with van der Waals surface area (Å²) in [6.45, 7) is 2.66. The van der Waals surface area contributed by atoms with Crippen molar-refractivity contribution in [2.45, 2.75) is 70.4 Å². The van der Waals surface area contributed by atoms with Gasteiger partial charge < -0.3 is 19.9 Å². The number of hydroxylamine groups is 1. The Morgan fingerprint density at radius 2 is 1.28 bits per heavy atom. The molecule has 2 amide bonds. The summed E-state index contributed by atoms with van der Waals surface area (Å²) in [7, 11) is 0. The minimum Gasteiger partial charge on any atom is -0.392 e. The van der Waals surface area contributed by atoms with Gasteiger partial charge in [0.2, 0.25) is 11.8 Å². The van der Waals surface area contributed by atoms with E-state index in [4.69, 9.17) is 14.7 Å². The molecule has 0 aliphatic carbocycles. The molecule has 1 saturated heterocycles. The van der Waals surface area contributed by atoms with E-state index in [2.05, 4.69) is 89.1 Å². The van der Waals surface area contributed by atoms with E-state index < -0.39 is 12.2 Å². The van der Waals surface area contributed by atoms with E-state index in [1.165, 1.54) is 11.1 Å². The standard InChI is InChI=1S/C44H47N3O6/c48-31-34-17-19-37(20-18-34)41-26-40(30-47(28-32-9-3-1-4-10-32)29-33-11-5-2-6-12-33)52-44(53-41)38-23-21-36(22-24-38)39-14-7-13-35(25-39)27-45-42(49)15-8-16-43(50)46-51/h1-7,9-14,17-25,40-41,44,48,51H,8,15-16,26-31H2,(H,45,49)(H,46,50)/t40-,41+,44+/m0/s1. The van der Waals surface area contributed by atoms with E-state index in [-0.39, 0.29) is 37.6 Å². The second kappa shape index (κ2) is 19.1. The molecule has 1 fully saturated rings. The molecular formula is C44H47N3O6. The molecule has 1 aliphatic heterocycles. The summed E-state index contributed by atoms with van der Waals surface area (Å²) in [4.78, 5) is 25.9. The van der Waals surface area contributed by atoms with Crippen LogP contribution in [0.5, 0.6) is 0 Å². The highest BCUT2D eigenvalue weighted by Crippen LogP contribution is 2.39. The Bertz CT molecular complexity index is 1850. The molecule has 9 heteroatoms.